The molecule has 2 rings (SSSR count). The van der Waals surface area contributed by atoms with Crippen LogP contribution in [0.2, 0.25) is 0 Å². The number of benzene rings is 1. The molecule has 0 spiro atoms. The summed E-state index contributed by atoms with van der Waals surface area (Å²) in [6, 6.07) is 7.87. The summed E-state index contributed by atoms with van der Waals surface area (Å²) < 4.78 is 69.5. The van der Waals surface area contributed by atoms with Crippen molar-refractivity contribution < 1.29 is 40.1 Å². The predicted octanol–water partition coefficient (Wildman–Crippen LogP) is 2.70. The minimum atomic E-state index is -6.12. The van der Waals surface area contributed by atoms with E-state index in [9.17, 15) is 31.2 Å². The minimum Gasteiger partial charge on any atom is -0.461 e. The van der Waals surface area contributed by atoms with E-state index in [1.54, 1.807) is 18.2 Å². The lowest BCUT2D eigenvalue weighted by atomic mass is 10.2. The highest BCUT2D eigenvalue weighted by atomic mass is 32.2. The second-order valence-corrected chi connectivity index (χ2v) is 7.09. The quantitative estimate of drug-likeness (QED) is 0.390. The van der Waals surface area contributed by atoms with E-state index in [-0.39, 0.29) is 30.1 Å². The number of aryl methyl sites for hydroxylation is 1. The SMILES string of the molecule is CCOC(=O)c1nc(NC(=O)c2ccccc2)c(CC)nc1OS(=O)(=O)C(F)(F)F. The second-order valence-electron chi connectivity index (χ2n) is 5.55. The summed E-state index contributed by atoms with van der Waals surface area (Å²) in [5, 5.41) is 2.39. The number of rotatable bonds is 7. The molecule has 162 valence electrons. The normalized spacial score (nSPS) is 11.6. The molecule has 0 bridgehead atoms. The first-order valence-corrected chi connectivity index (χ1v) is 9.86. The van der Waals surface area contributed by atoms with E-state index in [1.807, 2.05) is 0 Å². The Bertz CT molecular complexity index is 1040. The fourth-order valence-electron chi connectivity index (χ4n) is 2.11. The van der Waals surface area contributed by atoms with Crippen LogP contribution in [0.3, 0.4) is 0 Å². The number of nitrogens with one attached hydrogen (secondary N) is 1. The molecular weight excluding hydrogens is 431 g/mol. The van der Waals surface area contributed by atoms with Crippen LogP contribution in [0.25, 0.3) is 0 Å². The zero-order valence-electron chi connectivity index (χ0n) is 15.7. The van der Waals surface area contributed by atoms with Crippen molar-refractivity contribution in [2.75, 3.05) is 11.9 Å². The van der Waals surface area contributed by atoms with Crippen molar-refractivity contribution in [2.45, 2.75) is 25.8 Å². The van der Waals surface area contributed by atoms with Gasteiger partial charge in [0.25, 0.3) is 11.8 Å². The fraction of sp³-hybridized carbons (Fsp3) is 0.294. The molecule has 1 aromatic carbocycles. The van der Waals surface area contributed by atoms with E-state index >= 15 is 0 Å². The van der Waals surface area contributed by atoms with Crippen molar-refractivity contribution in [1.82, 2.24) is 9.97 Å². The van der Waals surface area contributed by atoms with Crippen LogP contribution < -0.4 is 9.50 Å². The van der Waals surface area contributed by atoms with Gasteiger partial charge in [0.05, 0.1) is 12.3 Å². The van der Waals surface area contributed by atoms with Gasteiger partial charge in [-0.1, -0.05) is 25.1 Å². The summed E-state index contributed by atoms with van der Waals surface area (Å²) in [6.45, 7) is 2.75. The van der Waals surface area contributed by atoms with Crippen molar-refractivity contribution in [3.63, 3.8) is 0 Å². The molecule has 13 heteroatoms. The summed E-state index contributed by atoms with van der Waals surface area (Å²) >= 11 is 0. The van der Waals surface area contributed by atoms with Crippen molar-refractivity contribution in [2.24, 2.45) is 0 Å². The zero-order chi connectivity index (χ0) is 22.5. The van der Waals surface area contributed by atoms with Gasteiger partial charge >= 0.3 is 21.6 Å². The van der Waals surface area contributed by atoms with Gasteiger partial charge in [-0.25, -0.2) is 14.8 Å². The molecule has 1 heterocycles. The average molecular weight is 447 g/mol. The molecule has 0 radical (unpaired) electrons. The Balaban J connectivity index is 2.53. The Morgan fingerprint density at radius 1 is 1.10 bits per heavy atom. The first kappa shape index (κ1) is 23.1. The van der Waals surface area contributed by atoms with Crippen LogP contribution in [0.15, 0.2) is 30.3 Å². The molecule has 0 atom stereocenters. The van der Waals surface area contributed by atoms with Crippen LogP contribution in [0.1, 0.15) is 40.4 Å². The van der Waals surface area contributed by atoms with E-state index < -0.39 is 39.1 Å². The molecule has 0 aliphatic carbocycles. The molecule has 30 heavy (non-hydrogen) atoms. The van der Waals surface area contributed by atoms with Gasteiger partial charge in [-0.15, -0.1) is 0 Å². The molecule has 0 saturated carbocycles. The van der Waals surface area contributed by atoms with Gasteiger partial charge in [0.2, 0.25) is 5.69 Å². The van der Waals surface area contributed by atoms with Gasteiger partial charge < -0.3 is 14.2 Å². The maximum atomic E-state index is 12.7. The van der Waals surface area contributed by atoms with Crippen LogP contribution in [0.4, 0.5) is 19.0 Å². The number of alkyl halides is 3. The standard InChI is InChI=1S/C17H16F3N3O6S/c1-3-11-13(23-14(24)10-8-6-5-7-9-10)22-12(16(25)28-4-2)15(21-11)29-30(26,27)17(18,19)20/h5-9H,3-4H2,1-2H3,(H,22,23,24). The zero-order valence-corrected chi connectivity index (χ0v) is 16.5. The third-order valence-corrected chi connectivity index (χ3v) is 4.42. The van der Waals surface area contributed by atoms with Gasteiger partial charge in [-0.3, -0.25) is 4.79 Å². The highest BCUT2D eigenvalue weighted by Gasteiger charge is 2.49. The van der Waals surface area contributed by atoms with E-state index in [1.165, 1.54) is 26.0 Å². The highest BCUT2D eigenvalue weighted by molar-refractivity contribution is 7.88. The Labute approximate surface area is 169 Å². The van der Waals surface area contributed by atoms with Crippen molar-refractivity contribution in [3.8, 4) is 5.88 Å². The van der Waals surface area contributed by atoms with Gasteiger partial charge in [0.1, 0.15) is 0 Å². The number of amides is 1. The Morgan fingerprint density at radius 3 is 2.27 bits per heavy atom. The number of ether oxygens (including phenoxy) is 1. The topological polar surface area (TPSA) is 125 Å². The number of hydrogen-bond donors (Lipinski definition) is 1. The third-order valence-electron chi connectivity index (χ3n) is 3.48. The van der Waals surface area contributed by atoms with Crippen LogP contribution in [-0.2, 0) is 21.3 Å². The molecule has 2 aromatic rings. The number of aromatic nitrogens is 2. The molecule has 0 saturated heterocycles. The smallest absolute Gasteiger partial charge is 0.461 e. The lowest BCUT2D eigenvalue weighted by molar-refractivity contribution is -0.0502. The number of esters is 1. The molecule has 0 aliphatic heterocycles. The lowest BCUT2D eigenvalue weighted by Crippen LogP contribution is -2.30. The number of anilines is 1. The molecule has 0 fully saturated rings. The fourth-order valence-corrected chi connectivity index (χ4v) is 2.53. The van der Waals surface area contributed by atoms with Gasteiger partial charge in [0, 0.05) is 5.56 Å². The number of hydrogen-bond acceptors (Lipinski definition) is 8. The monoisotopic (exact) mass is 447 g/mol. The molecule has 0 unspecified atom stereocenters. The first-order valence-electron chi connectivity index (χ1n) is 8.45. The second kappa shape index (κ2) is 9.07. The highest BCUT2D eigenvalue weighted by Crippen LogP contribution is 2.29. The van der Waals surface area contributed by atoms with Crippen molar-refractivity contribution in [3.05, 3.63) is 47.3 Å². The van der Waals surface area contributed by atoms with Crippen LogP contribution in [-0.4, -0.2) is 42.4 Å². The summed E-state index contributed by atoms with van der Waals surface area (Å²) in [5.41, 5.74) is -6.57. The van der Waals surface area contributed by atoms with Gasteiger partial charge in [0.15, 0.2) is 5.82 Å². The van der Waals surface area contributed by atoms with Crippen LogP contribution in [0, 0.1) is 0 Å². The van der Waals surface area contributed by atoms with E-state index in [0.29, 0.717) is 0 Å². The Kier molecular flexibility index (Phi) is 6.97. The molecule has 0 aliphatic rings. The molecule has 1 aromatic heterocycles. The average Bonchev–Trinajstić information content (AvgIpc) is 2.68. The molecular formula is C17H16F3N3O6S. The van der Waals surface area contributed by atoms with Gasteiger partial charge in [-0.05, 0) is 25.5 Å². The first-order chi connectivity index (χ1) is 14.0. The number of carbonyl (C=O) groups excluding carboxylic acids is 2. The maximum Gasteiger partial charge on any atom is 0.534 e. The Morgan fingerprint density at radius 2 is 1.73 bits per heavy atom. The summed E-state index contributed by atoms with van der Waals surface area (Å²) in [7, 11) is -6.12. The van der Waals surface area contributed by atoms with E-state index in [0.717, 1.165) is 0 Å². The molecule has 9 nitrogen and oxygen atoms in total. The number of halogens is 3. The maximum absolute atomic E-state index is 12.7. The minimum absolute atomic E-state index is 0.0168. The van der Waals surface area contributed by atoms with Crippen LogP contribution >= 0.6 is 0 Å². The summed E-state index contributed by atoms with van der Waals surface area (Å²) in [5.74, 6) is -3.38. The van der Waals surface area contributed by atoms with E-state index in [2.05, 4.69) is 24.2 Å². The number of nitrogens with zero attached hydrogens (tertiary/aromatic N) is 2. The molecule has 1 amide bonds. The summed E-state index contributed by atoms with van der Waals surface area (Å²) in [4.78, 5) is 31.9. The lowest BCUT2D eigenvalue weighted by Gasteiger charge is -2.15. The number of carbonyl (C=O) groups is 2. The van der Waals surface area contributed by atoms with Crippen LogP contribution in [0.5, 0.6) is 5.88 Å². The third kappa shape index (κ3) is 5.23. The molecule has 1 N–H and O–H groups in total. The van der Waals surface area contributed by atoms with E-state index in [4.69, 9.17) is 0 Å². The predicted molar refractivity (Wildman–Crippen MR) is 97.4 cm³/mol. The largest absolute Gasteiger partial charge is 0.534 e. The Hall–Kier alpha value is -3.22. The van der Waals surface area contributed by atoms with Crippen molar-refractivity contribution in [1.29, 1.82) is 0 Å². The van der Waals surface area contributed by atoms with Gasteiger partial charge in [-0.2, -0.15) is 21.6 Å². The van der Waals surface area contributed by atoms with Crippen molar-refractivity contribution >= 4 is 27.8 Å². The summed E-state index contributed by atoms with van der Waals surface area (Å²) in [6.07, 6.45) is 0.0168.